The zero-order chi connectivity index (χ0) is 32.7. The lowest BCUT2D eigenvalue weighted by molar-refractivity contribution is -0.141. The Morgan fingerprint density at radius 3 is 2.36 bits per heavy atom. The molecule has 4 aliphatic rings. The summed E-state index contributed by atoms with van der Waals surface area (Å²) in [6.07, 6.45) is -2.37. The number of nitrogens with zero attached hydrogens (tertiary/aromatic N) is 4. The number of piperidine rings is 1. The maximum atomic E-state index is 15.9. The molecule has 1 aromatic carbocycles. The lowest BCUT2D eigenvalue weighted by atomic mass is 9.77. The summed E-state index contributed by atoms with van der Waals surface area (Å²) in [4.78, 5) is 26.3. The van der Waals surface area contributed by atoms with E-state index >= 15 is 4.39 Å². The van der Waals surface area contributed by atoms with Gasteiger partial charge >= 0.3 is 13.3 Å². The largest absolute Gasteiger partial charge is 0.495 e. The molecule has 0 unspecified atom stereocenters. The van der Waals surface area contributed by atoms with E-state index in [0.29, 0.717) is 53.9 Å². The number of carbonyl (C=O) groups excluding carboxylic acids is 1. The molecule has 8 nitrogen and oxygen atoms in total. The molecule has 2 aromatic rings. The van der Waals surface area contributed by atoms with E-state index in [1.807, 2.05) is 59.7 Å². The summed E-state index contributed by atoms with van der Waals surface area (Å²) in [5.41, 5.74) is -0.613. The molecule has 1 saturated carbocycles. The molecule has 0 bridgehead atoms. The van der Waals surface area contributed by atoms with E-state index < -0.39 is 35.7 Å². The lowest BCUT2D eigenvalue weighted by Gasteiger charge is -2.43. The number of amides is 1. The van der Waals surface area contributed by atoms with Crippen LogP contribution < -0.4 is 15.7 Å². The van der Waals surface area contributed by atoms with E-state index in [9.17, 15) is 18.0 Å². The Balaban J connectivity index is 1.31. The number of benzene rings is 1. The van der Waals surface area contributed by atoms with Crippen molar-refractivity contribution in [3.8, 4) is 0 Å². The summed E-state index contributed by atoms with van der Waals surface area (Å²) >= 11 is 0. The number of hydrogen-bond donors (Lipinski definition) is 1. The fraction of sp³-hybridized carbons (Fsp3) is 0.594. The molecule has 1 aromatic heterocycles. The van der Waals surface area contributed by atoms with Gasteiger partial charge in [-0.1, -0.05) is 0 Å². The molecule has 3 aliphatic heterocycles. The Kier molecular flexibility index (Phi) is 7.64. The van der Waals surface area contributed by atoms with Crippen LogP contribution in [-0.4, -0.2) is 72.2 Å². The van der Waals surface area contributed by atoms with Gasteiger partial charge in [0.25, 0.3) is 5.91 Å². The minimum atomic E-state index is -4.56. The zero-order valence-electron chi connectivity index (χ0n) is 26.8. The van der Waals surface area contributed by atoms with E-state index in [2.05, 4.69) is 15.2 Å². The van der Waals surface area contributed by atoms with Crippen LogP contribution in [0.5, 0.6) is 0 Å². The normalized spacial score (nSPS) is 26.2. The highest BCUT2D eigenvalue weighted by Crippen LogP contribution is 2.44. The summed E-state index contributed by atoms with van der Waals surface area (Å²) < 4.78 is 68.6. The Hall–Kier alpha value is -3.03. The quantitative estimate of drug-likeness (QED) is 0.366. The Morgan fingerprint density at radius 1 is 1.11 bits per heavy atom. The Bertz CT molecular complexity index is 1540. The summed E-state index contributed by atoms with van der Waals surface area (Å²) in [6.45, 7) is 10.6. The number of pyridine rings is 1. The molecule has 45 heavy (non-hydrogen) atoms. The minimum absolute atomic E-state index is 0.0829. The Morgan fingerprint density at radius 2 is 1.78 bits per heavy atom. The molecule has 1 spiro atoms. The SMILES string of the molecule is C[C@H]1C[C@@]2(CCN1c1cc(B3OC(C)(C)C(C)(C)O3)cc(F)c1CN(C)C)N=C(c1ccc(C(F)(F)F)nc1C1CC1)NC2=O. The van der Waals surface area contributed by atoms with Crippen molar-refractivity contribution in [1.29, 1.82) is 0 Å². The number of halogens is 4. The summed E-state index contributed by atoms with van der Waals surface area (Å²) in [6, 6.07) is 5.52. The number of anilines is 1. The zero-order valence-corrected chi connectivity index (χ0v) is 26.8. The fourth-order valence-electron chi connectivity index (χ4n) is 6.52. The van der Waals surface area contributed by atoms with Crippen molar-refractivity contribution in [2.24, 2.45) is 4.99 Å². The van der Waals surface area contributed by atoms with E-state index in [-0.39, 0.29) is 29.5 Å². The van der Waals surface area contributed by atoms with Crippen LogP contribution in [0.15, 0.2) is 29.3 Å². The summed E-state index contributed by atoms with van der Waals surface area (Å²) in [7, 11) is 3.02. The maximum Gasteiger partial charge on any atom is 0.495 e. The molecule has 4 heterocycles. The minimum Gasteiger partial charge on any atom is -0.399 e. The average Bonchev–Trinajstić information content (AvgIpc) is 3.69. The standard InChI is InChI=1S/C32H40BF4N5O3/c1-18-16-31(28(43)39-27(40-31)21-10-11-25(32(35,36)37)38-26(21)19-8-9-19)12-13-42(18)24-15-20(14-23(34)22(24)17-41(6)7)33-44-29(2,3)30(4,5)45-33/h10-11,14-15,18-19H,8-9,12-13,16-17H2,1-7H3,(H,39,40,43)/t18-,31+/m0/s1. The second-order valence-electron chi connectivity index (χ2n) is 14.2. The number of aliphatic imine (C=N–C) groups is 1. The molecular formula is C32H40BF4N5O3. The van der Waals surface area contributed by atoms with Crippen LogP contribution >= 0.6 is 0 Å². The first kappa shape index (κ1) is 31.9. The smallest absolute Gasteiger partial charge is 0.399 e. The van der Waals surface area contributed by atoms with Crippen LogP contribution in [0.3, 0.4) is 0 Å². The fourth-order valence-corrected chi connectivity index (χ4v) is 6.52. The summed E-state index contributed by atoms with van der Waals surface area (Å²) in [5, 5.41) is 2.87. The van der Waals surface area contributed by atoms with Gasteiger partial charge in [0.2, 0.25) is 0 Å². The molecule has 1 N–H and O–H groups in total. The first-order valence-corrected chi connectivity index (χ1v) is 15.5. The molecule has 2 saturated heterocycles. The van der Waals surface area contributed by atoms with Crippen LogP contribution in [0.2, 0.25) is 0 Å². The monoisotopic (exact) mass is 629 g/mol. The number of amidine groups is 1. The number of alkyl halides is 3. The van der Waals surface area contributed by atoms with Gasteiger partial charge in [-0.25, -0.2) is 9.37 Å². The molecule has 3 fully saturated rings. The molecule has 6 rings (SSSR count). The number of hydrogen-bond acceptors (Lipinski definition) is 7. The van der Waals surface area contributed by atoms with Crippen molar-refractivity contribution in [1.82, 2.24) is 15.2 Å². The van der Waals surface area contributed by atoms with Crippen molar-refractivity contribution in [3.05, 3.63) is 52.6 Å². The van der Waals surface area contributed by atoms with Gasteiger partial charge in [-0.3, -0.25) is 9.79 Å². The highest BCUT2D eigenvalue weighted by molar-refractivity contribution is 6.62. The summed E-state index contributed by atoms with van der Waals surface area (Å²) in [5.74, 6) is -0.456. The van der Waals surface area contributed by atoms with Crippen molar-refractivity contribution in [3.63, 3.8) is 0 Å². The highest BCUT2D eigenvalue weighted by atomic mass is 19.4. The van der Waals surface area contributed by atoms with E-state index in [1.54, 1.807) is 0 Å². The molecule has 1 amide bonds. The second kappa shape index (κ2) is 10.8. The van der Waals surface area contributed by atoms with Crippen LogP contribution in [0, 0.1) is 5.82 Å². The van der Waals surface area contributed by atoms with E-state index in [1.165, 1.54) is 12.1 Å². The van der Waals surface area contributed by atoms with Crippen LogP contribution in [0.25, 0.3) is 0 Å². The molecular weight excluding hydrogens is 589 g/mol. The predicted molar refractivity (Wildman–Crippen MR) is 164 cm³/mol. The topological polar surface area (TPSA) is 79.3 Å². The van der Waals surface area contributed by atoms with Gasteiger partial charge in [-0.05, 0) is 97.7 Å². The van der Waals surface area contributed by atoms with Gasteiger partial charge in [0, 0.05) is 48.3 Å². The molecule has 242 valence electrons. The first-order valence-electron chi connectivity index (χ1n) is 15.5. The van der Waals surface area contributed by atoms with Gasteiger partial charge in [0.15, 0.2) is 0 Å². The first-order chi connectivity index (χ1) is 20.9. The third kappa shape index (κ3) is 5.76. The number of carbonyl (C=O) groups is 1. The third-order valence-electron chi connectivity index (χ3n) is 9.85. The number of rotatable bonds is 6. The van der Waals surface area contributed by atoms with Crippen molar-refractivity contribution in [2.75, 3.05) is 25.5 Å². The predicted octanol–water partition coefficient (Wildman–Crippen LogP) is 4.78. The van der Waals surface area contributed by atoms with Crippen LogP contribution in [-0.2, 0) is 26.8 Å². The van der Waals surface area contributed by atoms with E-state index in [4.69, 9.17) is 14.3 Å². The van der Waals surface area contributed by atoms with Crippen molar-refractivity contribution < 1.29 is 31.7 Å². The van der Waals surface area contributed by atoms with Gasteiger partial charge in [-0.2, -0.15) is 13.2 Å². The number of nitrogens with one attached hydrogen (secondary N) is 1. The van der Waals surface area contributed by atoms with Crippen molar-refractivity contribution in [2.45, 2.75) is 102 Å². The third-order valence-corrected chi connectivity index (χ3v) is 9.85. The second-order valence-corrected chi connectivity index (χ2v) is 14.2. The lowest BCUT2D eigenvalue weighted by Crippen LogP contribution is -2.53. The van der Waals surface area contributed by atoms with Crippen LogP contribution in [0.1, 0.15) is 88.7 Å². The van der Waals surface area contributed by atoms with Gasteiger partial charge in [0.1, 0.15) is 22.9 Å². The molecule has 13 heteroatoms. The van der Waals surface area contributed by atoms with Crippen LogP contribution in [0.4, 0.5) is 23.2 Å². The van der Waals surface area contributed by atoms with Gasteiger partial charge in [-0.15, -0.1) is 0 Å². The highest BCUT2D eigenvalue weighted by Gasteiger charge is 2.53. The molecule has 1 aliphatic carbocycles. The average molecular weight is 630 g/mol. The number of aromatic nitrogens is 1. The van der Waals surface area contributed by atoms with Gasteiger partial charge in [0.05, 0.1) is 16.9 Å². The molecule has 2 atom stereocenters. The van der Waals surface area contributed by atoms with E-state index in [0.717, 1.165) is 18.9 Å². The maximum absolute atomic E-state index is 15.9. The van der Waals surface area contributed by atoms with Gasteiger partial charge < -0.3 is 24.4 Å². The van der Waals surface area contributed by atoms with Crippen molar-refractivity contribution >= 4 is 30.0 Å². The molecule has 0 radical (unpaired) electrons. The Labute approximate surface area is 261 Å².